The average Bonchev–Trinajstić information content (AvgIpc) is 3.32. The van der Waals surface area contributed by atoms with E-state index in [2.05, 4.69) is 10.3 Å². The van der Waals surface area contributed by atoms with Crippen LogP contribution in [0.5, 0.6) is 0 Å². The van der Waals surface area contributed by atoms with Crippen LogP contribution in [0.2, 0.25) is 0 Å². The van der Waals surface area contributed by atoms with Gasteiger partial charge >= 0.3 is 6.18 Å². The van der Waals surface area contributed by atoms with E-state index >= 15 is 0 Å². The van der Waals surface area contributed by atoms with Gasteiger partial charge in [-0.25, -0.2) is 20.0 Å². The largest absolute Gasteiger partial charge is 0.416 e. The Kier molecular flexibility index (Phi) is 8.07. The van der Waals surface area contributed by atoms with Crippen molar-refractivity contribution in [2.45, 2.75) is 54.4 Å². The summed E-state index contributed by atoms with van der Waals surface area (Å²) in [7, 11) is -1.81. The van der Waals surface area contributed by atoms with Crippen LogP contribution < -0.4 is 0 Å². The van der Waals surface area contributed by atoms with Crippen LogP contribution >= 0.6 is 10.9 Å². The first-order valence-corrected chi connectivity index (χ1v) is 13.7. The summed E-state index contributed by atoms with van der Waals surface area (Å²) in [5, 5.41) is 58.6. The van der Waals surface area contributed by atoms with Gasteiger partial charge in [-0.3, -0.25) is 0 Å². The van der Waals surface area contributed by atoms with Crippen LogP contribution in [0.1, 0.15) is 41.8 Å². The highest BCUT2D eigenvalue weighted by atomic mass is 32.2. The van der Waals surface area contributed by atoms with Gasteiger partial charge in [0.05, 0.1) is 41.7 Å². The number of hydrogen-bond donors (Lipinski definition) is 5. The summed E-state index contributed by atoms with van der Waals surface area (Å²) in [5.41, 5.74) is -2.46. The number of benzene rings is 2. The van der Waals surface area contributed by atoms with E-state index in [1.54, 1.807) is 6.07 Å². The smallest absolute Gasteiger partial charge is 0.395 e. The molecule has 0 amide bonds. The highest BCUT2D eigenvalue weighted by molar-refractivity contribution is 8.18. The van der Waals surface area contributed by atoms with Crippen LogP contribution in [0.4, 0.5) is 17.6 Å². The second-order valence-electron chi connectivity index (χ2n) is 10.0. The van der Waals surface area contributed by atoms with Gasteiger partial charge in [-0.05, 0) is 37.6 Å². The molecule has 0 saturated carbocycles. The summed E-state index contributed by atoms with van der Waals surface area (Å²) >= 11 is 0. The van der Waals surface area contributed by atoms with Crippen molar-refractivity contribution in [2.24, 2.45) is 0 Å². The molecule has 0 aliphatic carbocycles. The van der Waals surface area contributed by atoms with Gasteiger partial charge in [-0.1, -0.05) is 29.5 Å². The second-order valence-corrected chi connectivity index (χ2v) is 12.6. The Hall–Kier alpha value is -3.02. The Labute approximate surface area is 224 Å². The number of aliphatic hydroxyl groups is 4. The highest BCUT2D eigenvalue weighted by Crippen LogP contribution is 2.58. The summed E-state index contributed by atoms with van der Waals surface area (Å²) in [4.78, 5) is 0. The van der Waals surface area contributed by atoms with Crippen molar-refractivity contribution in [2.75, 3.05) is 12.4 Å². The SMILES string of the molecule is CC(C)(O)[C@@H](c1ccccc1C(F)(F)F)[SH]1C[C@H](O)[C@H](n2cc(-c3ccc(C#N)c(F)c3)nn2)[C@@H](O)[C@H]1CO. The zero-order chi connectivity index (χ0) is 28.7. The lowest BCUT2D eigenvalue weighted by Crippen LogP contribution is -2.52. The van der Waals surface area contributed by atoms with Gasteiger partial charge in [-0.2, -0.15) is 18.4 Å². The Morgan fingerprint density at radius 1 is 1.18 bits per heavy atom. The van der Waals surface area contributed by atoms with Crippen LogP contribution in [0, 0.1) is 17.1 Å². The fraction of sp³-hybridized carbons (Fsp3) is 0.423. The number of thiol groups is 1. The fourth-order valence-electron chi connectivity index (χ4n) is 5.23. The van der Waals surface area contributed by atoms with Gasteiger partial charge in [0, 0.05) is 21.8 Å². The maximum Gasteiger partial charge on any atom is 0.416 e. The maximum atomic E-state index is 14.1. The van der Waals surface area contributed by atoms with Crippen molar-refractivity contribution in [1.29, 1.82) is 5.26 Å². The minimum atomic E-state index is -4.71. The van der Waals surface area contributed by atoms with E-state index in [0.717, 1.165) is 12.1 Å². The Bertz CT molecular complexity index is 1370. The predicted molar refractivity (Wildman–Crippen MR) is 136 cm³/mol. The normalized spacial score (nSPS) is 25.7. The molecule has 3 aromatic rings. The van der Waals surface area contributed by atoms with E-state index in [1.165, 1.54) is 55.1 Å². The molecule has 39 heavy (non-hydrogen) atoms. The number of alkyl halides is 3. The molecule has 6 atom stereocenters. The lowest BCUT2D eigenvalue weighted by molar-refractivity contribution is -0.138. The summed E-state index contributed by atoms with van der Waals surface area (Å²) in [5.74, 6) is -0.867. The van der Waals surface area contributed by atoms with Crippen molar-refractivity contribution in [1.82, 2.24) is 15.0 Å². The van der Waals surface area contributed by atoms with E-state index in [9.17, 15) is 38.0 Å². The molecule has 1 saturated heterocycles. The van der Waals surface area contributed by atoms with Crippen LogP contribution in [0.15, 0.2) is 48.7 Å². The minimum absolute atomic E-state index is 0.107. The van der Waals surface area contributed by atoms with Crippen molar-refractivity contribution in [3.63, 3.8) is 0 Å². The van der Waals surface area contributed by atoms with Crippen molar-refractivity contribution < 1.29 is 38.0 Å². The molecule has 1 aliphatic rings. The molecule has 210 valence electrons. The van der Waals surface area contributed by atoms with Gasteiger partial charge in [0.15, 0.2) is 0 Å². The van der Waals surface area contributed by atoms with E-state index < -0.39 is 69.4 Å². The summed E-state index contributed by atoms with van der Waals surface area (Å²) in [6, 6.07) is 9.29. The van der Waals surface area contributed by atoms with Crippen LogP contribution in [-0.2, 0) is 6.18 Å². The lowest BCUT2D eigenvalue weighted by atomic mass is 9.93. The maximum absolute atomic E-state index is 14.1. The summed E-state index contributed by atoms with van der Waals surface area (Å²) in [6.07, 6.45) is -6.11. The number of rotatable bonds is 6. The molecule has 4 N–H and O–H groups in total. The Morgan fingerprint density at radius 3 is 2.46 bits per heavy atom. The zero-order valence-electron chi connectivity index (χ0n) is 21.0. The standard InChI is InChI=1S/C26H28F4N4O4S/c1-25(2,38)24(16-5-3-4-6-17(16)26(28,29)30)39-13-20(36)22(23(37)21(39)12-35)34-11-19(32-33-34)14-7-8-15(10-31)18(27)9-14/h3-9,11,20-24,35-39H,12-13H2,1-2H3/t20-,21+,22-,23-,24+/m0/s1. The molecule has 1 unspecified atom stereocenters. The monoisotopic (exact) mass is 568 g/mol. The molecule has 1 aromatic heterocycles. The zero-order valence-corrected chi connectivity index (χ0v) is 21.9. The number of aliphatic hydroxyl groups excluding tert-OH is 3. The molecule has 13 heteroatoms. The van der Waals surface area contributed by atoms with E-state index in [1.807, 2.05) is 0 Å². The van der Waals surface area contributed by atoms with E-state index in [0.29, 0.717) is 5.56 Å². The van der Waals surface area contributed by atoms with Gasteiger partial charge in [0.1, 0.15) is 23.6 Å². The van der Waals surface area contributed by atoms with Crippen molar-refractivity contribution in [3.8, 4) is 17.3 Å². The van der Waals surface area contributed by atoms with E-state index in [4.69, 9.17) is 5.26 Å². The van der Waals surface area contributed by atoms with Crippen molar-refractivity contribution >= 4 is 10.9 Å². The van der Waals surface area contributed by atoms with E-state index in [-0.39, 0.29) is 22.6 Å². The third-order valence-electron chi connectivity index (χ3n) is 6.91. The van der Waals surface area contributed by atoms with Gasteiger partial charge < -0.3 is 20.4 Å². The number of aromatic nitrogens is 3. The number of halogens is 4. The summed E-state index contributed by atoms with van der Waals surface area (Å²) in [6.45, 7) is 2.12. The molecule has 0 radical (unpaired) electrons. The molecule has 2 aromatic carbocycles. The lowest BCUT2D eigenvalue weighted by Gasteiger charge is -2.51. The summed E-state index contributed by atoms with van der Waals surface area (Å²) < 4.78 is 57.0. The molecule has 0 spiro atoms. The Morgan fingerprint density at radius 2 is 1.87 bits per heavy atom. The first kappa shape index (κ1) is 29.0. The fourth-order valence-corrected chi connectivity index (χ4v) is 8.92. The topological polar surface area (TPSA) is 135 Å². The van der Waals surface area contributed by atoms with Gasteiger partial charge in [0.2, 0.25) is 0 Å². The molecule has 1 aliphatic heterocycles. The highest BCUT2D eigenvalue weighted by Gasteiger charge is 2.50. The van der Waals surface area contributed by atoms with Gasteiger partial charge in [-0.15, -0.1) is 5.10 Å². The number of hydrogen-bond acceptors (Lipinski definition) is 7. The minimum Gasteiger partial charge on any atom is -0.395 e. The molecule has 2 heterocycles. The quantitative estimate of drug-likeness (QED) is 0.228. The number of nitriles is 1. The molecular formula is C26H28F4N4O4S. The van der Waals surface area contributed by atoms with Crippen molar-refractivity contribution in [3.05, 3.63) is 71.2 Å². The molecule has 0 bridgehead atoms. The first-order valence-electron chi connectivity index (χ1n) is 12.0. The Balaban J connectivity index is 1.70. The second kappa shape index (κ2) is 10.9. The third kappa shape index (κ3) is 5.66. The molecule has 8 nitrogen and oxygen atoms in total. The van der Waals surface area contributed by atoms with Crippen LogP contribution in [-0.4, -0.2) is 70.8 Å². The molecular weight excluding hydrogens is 540 g/mol. The predicted octanol–water partition coefficient (Wildman–Crippen LogP) is 3.13. The molecule has 4 rings (SSSR count). The third-order valence-corrected chi connectivity index (χ3v) is 10.6. The number of nitrogens with zero attached hydrogens (tertiary/aromatic N) is 4. The van der Waals surface area contributed by atoms with Crippen LogP contribution in [0.3, 0.4) is 0 Å². The first-order chi connectivity index (χ1) is 18.3. The van der Waals surface area contributed by atoms with Crippen LogP contribution in [0.25, 0.3) is 11.3 Å². The molecule has 1 fully saturated rings. The average molecular weight is 569 g/mol. The van der Waals surface area contributed by atoms with Gasteiger partial charge in [0.25, 0.3) is 0 Å².